The number of halogens is 1. The average Bonchev–Trinajstić information content (AvgIpc) is 3.25. The number of alkyl halides is 1. The zero-order chi connectivity index (χ0) is 26.6. The van der Waals surface area contributed by atoms with Gasteiger partial charge in [-0.25, -0.2) is 14.6 Å². The van der Waals surface area contributed by atoms with Gasteiger partial charge in [0.1, 0.15) is 17.2 Å². The smallest absolute Gasteiger partial charge is 0.414 e. The first kappa shape index (κ1) is 27.4. The normalized spacial score (nSPS) is 15.8. The van der Waals surface area contributed by atoms with Gasteiger partial charge in [0.25, 0.3) is 0 Å². The predicted molar refractivity (Wildman–Crippen MR) is 153 cm³/mol. The second-order valence-electron chi connectivity index (χ2n) is 9.73. The number of benzene rings is 2. The number of aromatic nitrogens is 1. The number of nitrogens with one attached hydrogen (secondary N) is 1. The lowest BCUT2D eigenvalue weighted by Crippen LogP contribution is -2.36. The van der Waals surface area contributed by atoms with Gasteiger partial charge in [-0.3, -0.25) is 10.2 Å². The van der Waals surface area contributed by atoms with E-state index in [2.05, 4.69) is 10.3 Å². The van der Waals surface area contributed by atoms with E-state index in [1.807, 2.05) is 76.2 Å². The van der Waals surface area contributed by atoms with Crippen molar-refractivity contribution in [3.8, 4) is 0 Å². The Balaban J connectivity index is 1.51. The summed E-state index contributed by atoms with van der Waals surface area (Å²) in [5, 5.41) is 5.63. The maximum Gasteiger partial charge on any atom is 0.414 e. The highest BCUT2D eigenvalue weighted by Gasteiger charge is 2.36. The maximum atomic E-state index is 13.0. The Morgan fingerprint density at radius 2 is 1.92 bits per heavy atom. The molecule has 0 fully saturated rings. The molecule has 0 aliphatic carbocycles. The van der Waals surface area contributed by atoms with Crippen LogP contribution in [0.1, 0.15) is 39.2 Å². The van der Waals surface area contributed by atoms with Crippen LogP contribution >= 0.6 is 33.2 Å². The Morgan fingerprint density at radius 3 is 2.59 bits per heavy atom. The first-order chi connectivity index (χ1) is 17.7. The molecule has 4 rings (SSSR count). The van der Waals surface area contributed by atoms with E-state index < -0.39 is 17.8 Å². The highest BCUT2D eigenvalue weighted by atomic mass is 35.5. The van der Waals surface area contributed by atoms with Crippen LogP contribution in [-0.2, 0) is 9.47 Å². The van der Waals surface area contributed by atoms with Gasteiger partial charge in [0, 0.05) is 35.2 Å². The van der Waals surface area contributed by atoms with Crippen LogP contribution in [0.5, 0.6) is 0 Å². The molecule has 0 saturated heterocycles. The molecule has 2 atom stereocenters. The lowest BCUT2D eigenvalue weighted by Gasteiger charge is -2.25. The zero-order valence-electron chi connectivity index (χ0n) is 21.2. The van der Waals surface area contributed by atoms with Crippen LogP contribution in [0.25, 0.3) is 10.8 Å². The van der Waals surface area contributed by atoms with Gasteiger partial charge in [-0.1, -0.05) is 41.1 Å². The van der Waals surface area contributed by atoms with Gasteiger partial charge >= 0.3 is 12.2 Å². The Kier molecular flexibility index (Phi) is 8.77. The molecule has 7 nitrogen and oxygen atoms in total. The Hall–Kier alpha value is -2.62. The van der Waals surface area contributed by atoms with Crippen LogP contribution in [0.2, 0.25) is 0 Å². The number of carbonyl (C=O) groups excluding carboxylic acids is 2. The van der Waals surface area contributed by atoms with Crippen molar-refractivity contribution in [2.45, 2.75) is 49.5 Å². The van der Waals surface area contributed by atoms with E-state index in [1.165, 1.54) is 0 Å². The number of carbonyl (C=O) groups is 2. The molecule has 0 spiro atoms. The van der Waals surface area contributed by atoms with Crippen LogP contribution in [0.4, 0.5) is 21.0 Å². The van der Waals surface area contributed by atoms with Crippen LogP contribution in [0.15, 0.2) is 59.8 Å². The minimum absolute atomic E-state index is 0.0513. The summed E-state index contributed by atoms with van der Waals surface area (Å²) < 4.78 is 11.2. The molecule has 0 radical (unpaired) electrons. The van der Waals surface area contributed by atoms with Crippen LogP contribution in [0, 0.1) is 0 Å². The molecular formula is C27H30ClN3O4S2. The molecule has 1 aliphatic heterocycles. The molecule has 1 unspecified atom stereocenters. The van der Waals surface area contributed by atoms with Crippen molar-refractivity contribution < 1.29 is 19.1 Å². The molecule has 37 heavy (non-hydrogen) atoms. The topological polar surface area (TPSA) is 80.8 Å². The van der Waals surface area contributed by atoms with Crippen molar-refractivity contribution >= 4 is 67.5 Å². The lowest BCUT2D eigenvalue weighted by atomic mass is 9.95. The molecule has 196 valence electrons. The maximum absolute atomic E-state index is 13.0. The lowest BCUT2D eigenvalue weighted by molar-refractivity contribution is 0.0582. The fourth-order valence-corrected chi connectivity index (χ4v) is 6.19. The summed E-state index contributed by atoms with van der Waals surface area (Å²) in [6.45, 7) is 8.13. The van der Waals surface area contributed by atoms with Gasteiger partial charge in [-0.15, -0.1) is 11.6 Å². The number of amides is 2. The number of ether oxygens (including phenoxy) is 2. The van der Waals surface area contributed by atoms with E-state index in [0.717, 1.165) is 21.4 Å². The summed E-state index contributed by atoms with van der Waals surface area (Å²) in [5.41, 5.74) is 1.59. The molecule has 0 bridgehead atoms. The SMILES string of the molecule is CC(COC(=O)Nc1cc2c(c3ccccc13)[C@H](CCl)CN2C(=O)OC(C)(C)C)SSc1ccccn1. The summed E-state index contributed by atoms with van der Waals surface area (Å²) in [6.07, 6.45) is 0.745. The van der Waals surface area contributed by atoms with Crippen molar-refractivity contribution in [2.75, 3.05) is 29.2 Å². The Bertz CT molecular complexity index is 1270. The molecule has 3 aromatic rings. The second kappa shape index (κ2) is 11.8. The number of fused-ring (bicyclic) bond motifs is 3. The molecule has 1 aromatic heterocycles. The molecular weight excluding hydrogens is 530 g/mol. The molecule has 2 amide bonds. The third kappa shape index (κ3) is 6.83. The first-order valence-corrected chi connectivity index (χ1v) is 14.7. The number of anilines is 2. The molecule has 0 saturated carbocycles. The summed E-state index contributed by atoms with van der Waals surface area (Å²) in [4.78, 5) is 31.7. The highest BCUT2D eigenvalue weighted by Crippen LogP contribution is 2.45. The standard InChI is InChI=1S/C27H30ClN3O4S2/c1-17(36-37-23-11-7-8-12-29-23)16-34-25(32)30-21-13-22-24(20-10-6-5-9-19(20)21)18(14-28)15-31(22)26(33)35-27(2,3)4/h5-13,17-18H,14-16H2,1-4H3,(H,30,32)/t17?,18-/m1/s1. The number of rotatable bonds is 7. The van der Waals surface area contributed by atoms with E-state index in [-0.39, 0.29) is 17.8 Å². The van der Waals surface area contributed by atoms with Gasteiger partial charge in [0.15, 0.2) is 0 Å². The number of pyridine rings is 1. The number of nitrogens with zero attached hydrogens (tertiary/aromatic N) is 2. The van der Waals surface area contributed by atoms with E-state index in [4.69, 9.17) is 21.1 Å². The van der Waals surface area contributed by atoms with Crippen LogP contribution in [0.3, 0.4) is 0 Å². The minimum atomic E-state index is -0.637. The van der Waals surface area contributed by atoms with E-state index >= 15 is 0 Å². The van der Waals surface area contributed by atoms with Crippen molar-refractivity contribution in [1.29, 1.82) is 0 Å². The van der Waals surface area contributed by atoms with Gasteiger partial charge in [0.05, 0.1) is 11.4 Å². The molecule has 2 aromatic carbocycles. The van der Waals surface area contributed by atoms with Gasteiger partial charge in [0.2, 0.25) is 0 Å². The number of hydrogen-bond acceptors (Lipinski definition) is 7. The van der Waals surface area contributed by atoms with Gasteiger partial charge in [-0.05, 0) is 67.6 Å². The highest BCUT2D eigenvalue weighted by molar-refractivity contribution is 8.76. The largest absolute Gasteiger partial charge is 0.448 e. The van der Waals surface area contributed by atoms with Crippen LogP contribution < -0.4 is 10.2 Å². The summed E-state index contributed by atoms with van der Waals surface area (Å²) in [7, 11) is 3.13. The molecule has 1 N–H and O–H groups in total. The molecule has 2 heterocycles. The fourth-order valence-electron chi connectivity index (χ4n) is 4.06. The third-order valence-electron chi connectivity index (χ3n) is 5.59. The Morgan fingerprint density at radius 1 is 1.19 bits per heavy atom. The average molecular weight is 560 g/mol. The predicted octanol–water partition coefficient (Wildman–Crippen LogP) is 7.69. The van der Waals surface area contributed by atoms with Crippen molar-refractivity contribution in [1.82, 2.24) is 4.98 Å². The monoisotopic (exact) mass is 559 g/mol. The first-order valence-electron chi connectivity index (χ1n) is 12.0. The quantitative estimate of drug-likeness (QED) is 0.235. The fraction of sp³-hybridized carbons (Fsp3) is 0.370. The van der Waals surface area contributed by atoms with E-state index in [1.54, 1.807) is 32.7 Å². The summed E-state index contributed by atoms with van der Waals surface area (Å²) in [6, 6.07) is 15.3. The second-order valence-corrected chi connectivity index (χ2v) is 12.7. The third-order valence-corrected chi connectivity index (χ3v) is 8.72. The number of hydrogen-bond donors (Lipinski definition) is 1. The molecule has 1 aliphatic rings. The zero-order valence-corrected chi connectivity index (χ0v) is 23.6. The van der Waals surface area contributed by atoms with Gasteiger partial charge in [-0.2, -0.15) is 0 Å². The Labute approximate surface area is 230 Å². The summed E-state index contributed by atoms with van der Waals surface area (Å²) >= 11 is 6.32. The van der Waals surface area contributed by atoms with Crippen molar-refractivity contribution in [3.05, 3.63) is 60.3 Å². The summed E-state index contributed by atoms with van der Waals surface area (Å²) in [5.74, 6) is 0.307. The molecule has 10 heteroatoms. The van der Waals surface area contributed by atoms with Crippen LogP contribution in [-0.4, -0.2) is 47.1 Å². The van der Waals surface area contributed by atoms with Crippen molar-refractivity contribution in [2.24, 2.45) is 0 Å². The van der Waals surface area contributed by atoms with Gasteiger partial charge < -0.3 is 9.47 Å². The minimum Gasteiger partial charge on any atom is -0.448 e. The van der Waals surface area contributed by atoms with E-state index in [9.17, 15) is 9.59 Å². The van der Waals surface area contributed by atoms with E-state index in [0.29, 0.717) is 23.8 Å². The van der Waals surface area contributed by atoms with Crippen molar-refractivity contribution in [3.63, 3.8) is 0 Å².